The van der Waals surface area contributed by atoms with E-state index in [0.29, 0.717) is 11.8 Å². The van der Waals surface area contributed by atoms with Gasteiger partial charge in [-0.05, 0) is 23.1 Å². The highest BCUT2D eigenvalue weighted by Gasteiger charge is 2.08. The van der Waals surface area contributed by atoms with Crippen molar-refractivity contribution in [1.82, 2.24) is 0 Å². The van der Waals surface area contributed by atoms with Crippen LogP contribution in [0, 0.1) is 11.3 Å². The van der Waals surface area contributed by atoms with Gasteiger partial charge in [-0.2, -0.15) is 14.0 Å². The average Bonchev–Trinajstić information content (AvgIpc) is 2.29. The number of ether oxygens (including phenoxy) is 1. The number of nitriles is 1. The van der Waals surface area contributed by atoms with Gasteiger partial charge < -0.3 is 4.74 Å². The van der Waals surface area contributed by atoms with Gasteiger partial charge in [-0.15, -0.1) is 0 Å². The Balaban J connectivity index is 2.48. The Morgan fingerprint density at radius 2 is 2.06 bits per heavy atom. The number of alkyl halides is 2. The van der Waals surface area contributed by atoms with E-state index < -0.39 is 6.61 Å². The fourth-order valence-corrected chi connectivity index (χ4v) is 1.70. The van der Waals surface area contributed by atoms with Crippen molar-refractivity contribution in [3.63, 3.8) is 0 Å². The molecular formula is C13H9F2NO. The van der Waals surface area contributed by atoms with Crippen molar-refractivity contribution >= 4 is 10.8 Å². The van der Waals surface area contributed by atoms with Crippen LogP contribution in [0.4, 0.5) is 8.78 Å². The van der Waals surface area contributed by atoms with E-state index in [9.17, 15) is 8.78 Å². The lowest BCUT2D eigenvalue weighted by molar-refractivity contribution is -0.0487. The maximum atomic E-state index is 12.2. The van der Waals surface area contributed by atoms with Crippen LogP contribution in [-0.2, 0) is 6.42 Å². The van der Waals surface area contributed by atoms with E-state index in [1.807, 2.05) is 6.07 Å². The fourth-order valence-electron chi connectivity index (χ4n) is 1.70. The van der Waals surface area contributed by atoms with Crippen molar-refractivity contribution < 1.29 is 13.5 Å². The molecule has 0 heterocycles. The van der Waals surface area contributed by atoms with Gasteiger partial charge in [0.05, 0.1) is 12.5 Å². The number of nitrogens with zero attached hydrogens (tertiary/aromatic N) is 1. The molecule has 2 nitrogen and oxygen atoms in total. The smallest absolute Gasteiger partial charge is 0.387 e. The minimum atomic E-state index is -2.83. The third kappa shape index (κ3) is 2.51. The Morgan fingerprint density at radius 3 is 2.76 bits per heavy atom. The normalized spacial score (nSPS) is 10.5. The van der Waals surface area contributed by atoms with Crippen LogP contribution in [-0.4, -0.2) is 6.61 Å². The summed E-state index contributed by atoms with van der Waals surface area (Å²) in [6, 6.07) is 12.2. The van der Waals surface area contributed by atoms with Crippen LogP contribution < -0.4 is 4.74 Å². The summed E-state index contributed by atoms with van der Waals surface area (Å²) in [5, 5.41) is 10.00. The van der Waals surface area contributed by atoms with Crippen LogP contribution in [0.3, 0.4) is 0 Å². The molecule has 0 spiro atoms. The highest BCUT2D eigenvalue weighted by atomic mass is 19.3. The van der Waals surface area contributed by atoms with E-state index in [0.717, 1.165) is 10.9 Å². The zero-order chi connectivity index (χ0) is 12.3. The van der Waals surface area contributed by atoms with Crippen LogP contribution in [0.5, 0.6) is 5.75 Å². The second-order valence-corrected chi connectivity index (χ2v) is 3.53. The quantitative estimate of drug-likeness (QED) is 0.812. The van der Waals surface area contributed by atoms with Gasteiger partial charge in [0.15, 0.2) is 0 Å². The van der Waals surface area contributed by atoms with E-state index in [-0.39, 0.29) is 5.75 Å². The second-order valence-electron chi connectivity index (χ2n) is 3.53. The molecule has 0 fully saturated rings. The molecule has 4 heteroatoms. The molecule has 0 atom stereocenters. The molecule has 0 amide bonds. The van der Waals surface area contributed by atoms with Crippen molar-refractivity contribution in [3.8, 4) is 11.8 Å². The molecule has 0 aromatic heterocycles. The molecular weight excluding hydrogens is 224 g/mol. The molecule has 17 heavy (non-hydrogen) atoms. The fraction of sp³-hybridized carbons (Fsp3) is 0.154. The lowest BCUT2D eigenvalue weighted by Crippen LogP contribution is -2.02. The summed E-state index contributed by atoms with van der Waals surface area (Å²) in [6.07, 6.45) is 0.301. The minimum absolute atomic E-state index is 0.154. The molecule has 0 aliphatic rings. The van der Waals surface area contributed by atoms with Gasteiger partial charge in [0.1, 0.15) is 5.75 Å². The minimum Gasteiger partial charge on any atom is -0.434 e. The lowest BCUT2D eigenvalue weighted by atomic mass is 10.0. The lowest BCUT2D eigenvalue weighted by Gasteiger charge is -2.08. The van der Waals surface area contributed by atoms with Crippen molar-refractivity contribution in [2.24, 2.45) is 0 Å². The molecule has 0 aliphatic heterocycles. The molecule has 0 radical (unpaired) electrons. The first-order valence-electron chi connectivity index (χ1n) is 5.04. The van der Waals surface area contributed by atoms with Gasteiger partial charge in [0.25, 0.3) is 0 Å². The summed E-state index contributed by atoms with van der Waals surface area (Å²) in [5.74, 6) is 0.154. The maximum Gasteiger partial charge on any atom is 0.387 e. The standard InChI is InChI=1S/C13H9F2NO/c14-13(15)17-12-3-1-2-10-8-9(6-7-16)4-5-11(10)12/h1-5,8,13H,6H2. The van der Waals surface area contributed by atoms with Crippen molar-refractivity contribution in [1.29, 1.82) is 5.26 Å². The third-order valence-electron chi connectivity index (χ3n) is 2.40. The summed E-state index contributed by atoms with van der Waals surface area (Å²) in [6.45, 7) is -2.83. The van der Waals surface area contributed by atoms with Crippen LogP contribution in [0.1, 0.15) is 5.56 Å². The summed E-state index contributed by atoms with van der Waals surface area (Å²) in [5.41, 5.74) is 0.856. The summed E-state index contributed by atoms with van der Waals surface area (Å²) < 4.78 is 28.8. The maximum absolute atomic E-state index is 12.2. The van der Waals surface area contributed by atoms with Crippen molar-refractivity contribution in [3.05, 3.63) is 42.0 Å². The van der Waals surface area contributed by atoms with Gasteiger partial charge in [0, 0.05) is 5.39 Å². The van der Waals surface area contributed by atoms with E-state index in [1.54, 1.807) is 30.3 Å². The van der Waals surface area contributed by atoms with Crippen LogP contribution in [0.25, 0.3) is 10.8 Å². The monoisotopic (exact) mass is 233 g/mol. The summed E-state index contributed by atoms with van der Waals surface area (Å²) in [7, 11) is 0. The van der Waals surface area contributed by atoms with Crippen molar-refractivity contribution in [2.75, 3.05) is 0 Å². The number of fused-ring (bicyclic) bond motifs is 1. The van der Waals surface area contributed by atoms with E-state index in [2.05, 4.69) is 4.74 Å². The summed E-state index contributed by atoms with van der Waals surface area (Å²) >= 11 is 0. The van der Waals surface area contributed by atoms with E-state index >= 15 is 0 Å². The zero-order valence-corrected chi connectivity index (χ0v) is 8.86. The largest absolute Gasteiger partial charge is 0.434 e. The predicted octanol–water partition coefficient (Wildman–Crippen LogP) is 3.51. The van der Waals surface area contributed by atoms with Gasteiger partial charge in [0.2, 0.25) is 0 Å². The Labute approximate surface area is 97.0 Å². The molecule has 2 rings (SSSR count). The highest BCUT2D eigenvalue weighted by Crippen LogP contribution is 2.27. The molecule has 2 aromatic rings. The highest BCUT2D eigenvalue weighted by molar-refractivity contribution is 5.88. The van der Waals surface area contributed by atoms with Crippen molar-refractivity contribution in [2.45, 2.75) is 13.0 Å². The topological polar surface area (TPSA) is 33.0 Å². The van der Waals surface area contributed by atoms with Crippen LogP contribution in [0.15, 0.2) is 36.4 Å². The number of rotatable bonds is 3. The zero-order valence-electron chi connectivity index (χ0n) is 8.86. The molecule has 0 unspecified atom stereocenters. The first-order chi connectivity index (χ1) is 8.20. The molecule has 0 N–H and O–H groups in total. The van der Waals surface area contributed by atoms with Crippen LogP contribution >= 0.6 is 0 Å². The van der Waals surface area contributed by atoms with E-state index in [4.69, 9.17) is 5.26 Å². The van der Waals surface area contributed by atoms with Gasteiger partial charge in [-0.25, -0.2) is 0 Å². The third-order valence-corrected chi connectivity index (χ3v) is 2.40. The Morgan fingerprint density at radius 1 is 1.24 bits per heavy atom. The summed E-state index contributed by atoms with van der Waals surface area (Å²) in [4.78, 5) is 0. The van der Waals surface area contributed by atoms with Gasteiger partial charge in [-0.1, -0.05) is 24.3 Å². The molecule has 0 aliphatic carbocycles. The second kappa shape index (κ2) is 4.79. The molecule has 86 valence electrons. The number of hydrogen-bond donors (Lipinski definition) is 0. The Bertz CT molecular complexity index is 575. The van der Waals surface area contributed by atoms with Gasteiger partial charge in [-0.3, -0.25) is 0 Å². The van der Waals surface area contributed by atoms with E-state index in [1.165, 1.54) is 6.07 Å². The molecule has 0 bridgehead atoms. The average molecular weight is 233 g/mol. The first kappa shape index (κ1) is 11.3. The van der Waals surface area contributed by atoms with Gasteiger partial charge >= 0.3 is 6.61 Å². The molecule has 0 saturated carbocycles. The molecule has 2 aromatic carbocycles. The Hall–Kier alpha value is -2.15. The number of hydrogen-bond acceptors (Lipinski definition) is 2. The predicted molar refractivity (Wildman–Crippen MR) is 59.9 cm³/mol. The van der Waals surface area contributed by atoms with Crippen LogP contribution in [0.2, 0.25) is 0 Å². The Kier molecular flexibility index (Phi) is 3.20. The first-order valence-corrected chi connectivity index (χ1v) is 5.04. The number of halogens is 2. The number of benzene rings is 2. The molecule has 0 saturated heterocycles. The SMILES string of the molecule is N#CCc1ccc2c(OC(F)F)cccc2c1.